The molecule has 1 aromatic carbocycles. The maximum atomic E-state index is 13.2. The molecule has 0 N–H and O–H groups in total. The van der Waals surface area contributed by atoms with Gasteiger partial charge in [0, 0.05) is 43.4 Å². The van der Waals surface area contributed by atoms with Gasteiger partial charge < -0.3 is 14.5 Å². The standard InChI is InChI=1S/C25H23N5O2S/c1-3-30-23-20(25(31)29(2)22-5-4-11-26-24(22)30)13-17(14-27-23)10-12-32-19-8-6-18(7-9-19)21-15-33-16-28-21/h4-9,11,13-16H,3,10,12H2,1-2H3. The summed E-state index contributed by atoms with van der Waals surface area (Å²) in [5.74, 6) is 2.07. The van der Waals surface area contributed by atoms with E-state index in [1.807, 2.05) is 71.4 Å². The van der Waals surface area contributed by atoms with Crippen LogP contribution in [0.1, 0.15) is 22.8 Å². The maximum absolute atomic E-state index is 13.2. The fraction of sp³-hybridized carbons (Fsp3) is 0.200. The summed E-state index contributed by atoms with van der Waals surface area (Å²) in [5.41, 5.74) is 6.15. The number of carbonyl (C=O) groups is 1. The molecule has 0 aliphatic carbocycles. The van der Waals surface area contributed by atoms with Crippen LogP contribution in [0.15, 0.2) is 65.7 Å². The number of ether oxygens (including phenoxy) is 1. The molecule has 166 valence electrons. The van der Waals surface area contributed by atoms with Crippen molar-refractivity contribution < 1.29 is 9.53 Å². The summed E-state index contributed by atoms with van der Waals surface area (Å²) in [6, 6.07) is 13.6. The highest BCUT2D eigenvalue weighted by molar-refractivity contribution is 7.07. The van der Waals surface area contributed by atoms with Crippen molar-refractivity contribution in [2.45, 2.75) is 13.3 Å². The van der Waals surface area contributed by atoms with Gasteiger partial charge in [0.15, 0.2) is 5.82 Å². The summed E-state index contributed by atoms with van der Waals surface area (Å²) in [5, 5.41) is 2.02. The van der Waals surface area contributed by atoms with Crippen molar-refractivity contribution in [1.29, 1.82) is 0 Å². The van der Waals surface area contributed by atoms with Gasteiger partial charge in [0.05, 0.1) is 29.1 Å². The number of nitrogens with zero attached hydrogens (tertiary/aromatic N) is 5. The average Bonchev–Trinajstić information content (AvgIpc) is 3.37. The van der Waals surface area contributed by atoms with Crippen LogP contribution in [0.5, 0.6) is 5.75 Å². The Morgan fingerprint density at radius 3 is 2.67 bits per heavy atom. The Bertz CT molecular complexity index is 1270. The molecule has 3 aromatic heterocycles. The Labute approximate surface area is 196 Å². The number of amides is 1. The van der Waals surface area contributed by atoms with Crippen molar-refractivity contribution in [3.63, 3.8) is 0 Å². The van der Waals surface area contributed by atoms with Crippen molar-refractivity contribution in [1.82, 2.24) is 15.0 Å². The first-order valence-electron chi connectivity index (χ1n) is 10.8. The molecule has 0 radical (unpaired) electrons. The largest absolute Gasteiger partial charge is 0.493 e. The van der Waals surface area contributed by atoms with Crippen LogP contribution in [0, 0.1) is 0 Å². The van der Waals surface area contributed by atoms with E-state index in [1.165, 1.54) is 0 Å². The van der Waals surface area contributed by atoms with E-state index in [4.69, 9.17) is 4.74 Å². The van der Waals surface area contributed by atoms with Gasteiger partial charge in [-0.1, -0.05) is 0 Å². The number of benzene rings is 1. The minimum Gasteiger partial charge on any atom is -0.493 e. The van der Waals surface area contributed by atoms with Crippen LogP contribution < -0.4 is 14.5 Å². The highest BCUT2D eigenvalue weighted by Gasteiger charge is 2.30. The van der Waals surface area contributed by atoms with Crippen molar-refractivity contribution in [3.8, 4) is 17.0 Å². The number of rotatable bonds is 6. The lowest BCUT2D eigenvalue weighted by atomic mass is 10.1. The Morgan fingerprint density at radius 1 is 1.06 bits per heavy atom. The summed E-state index contributed by atoms with van der Waals surface area (Å²) >= 11 is 1.58. The van der Waals surface area contributed by atoms with Gasteiger partial charge in [-0.2, -0.15) is 0 Å². The summed E-state index contributed by atoms with van der Waals surface area (Å²) in [7, 11) is 1.77. The summed E-state index contributed by atoms with van der Waals surface area (Å²) in [4.78, 5) is 30.4. The molecule has 0 spiro atoms. The first-order chi connectivity index (χ1) is 16.2. The van der Waals surface area contributed by atoms with Crippen molar-refractivity contribution in [2.24, 2.45) is 0 Å². The summed E-state index contributed by atoms with van der Waals surface area (Å²) in [6.07, 6.45) is 4.19. The number of pyridine rings is 2. The van der Waals surface area contributed by atoms with Crippen LogP contribution in [0.25, 0.3) is 11.3 Å². The zero-order valence-electron chi connectivity index (χ0n) is 18.4. The highest BCUT2D eigenvalue weighted by atomic mass is 32.1. The monoisotopic (exact) mass is 457 g/mol. The van der Waals surface area contributed by atoms with Gasteiger partial charge in [-0.3, -0.25) is 4.79 Å². The third-order valence-corrected chi connectivity index (χ3v) is 6.24. The molecule has 8 heteroatoms. The first-order valence-corrected chi connectivity index (χ1v) is 11.7. The fourth-order valence-electron chi connectivity index (χ4n) is 3.92. The van der Waals surface area contributed by atoms with E-state index in [2.05, 4.69) is 15.0 Å². The molecule has 0 fully saturated rings. The second kappa shape index (κ2) is 8.99. The number of carbonyl (C=O) groups excluding carboxylic acids is 1. The van der Waals surface area contributed by atoms with Gasteiger partial charge in [0.2, 0.25) is 0 Å². The van der Waals surface area contributed by atoms with E-state index in [-0.39, 0.29) is 5.91 Å². The molecule has 7 nitrogen and oxygen atoms in total. The maximum Gasteiger partial charge on any atom is 0.261 e. The van der Waals surface area contributed by atoms with Crippen LogP contribution in [0.4, 0.5) is 17.3 Å². The number of hydrogen-bond acceptors (Lipinski definition) is 7. The van der Waals surface area contributed by atoms with Gasteiger partial charge in [-0.05, 0) is 55.0 Å². The van der Waals surface area contributed by atoms with Gasteiger partial charge in [-0.15, -0.1) is 11.3 Å². The van der Waals surface area contributed by atoms with E-state index in [9.17, 15) is 4.79 Å². The van der Waals surface area contributed by atoms with Crippen LogP contribution >= 0.6 is 11.3 Å². The molecule has 33 heavy (non-hydrogen) atoms. The summed E-state index contributed by atoms with van der Waals surface area (Å²) in [6.45, 7) is 3.17. The molecule has 0 saturated carbocycles. The fourth-order valence-corrected chi connectivity index (χ4v) is 4.48. The topological polar surface area (TPSA) is 71.5 Å². The lowest BCUT2D eigenvalue weighted by Crippen LogP contribution is -2.25. The van der Waals surface area contributed by atoms with Crippen molar-refractivity contribution in [2.75, 3.05) is 30.0 Å². The quantitative estimate of drug-likeness (QED) is 0.407. The van der Waals surface area contributed by atoms with Gasteiger partial charge in [0.1, 0.15) is 11.6 Å². The molecule has 5 rings (SSSR count). The Balaban J connectivity index is 1.32. The predicted molar refractivity (Wildman–Crippen MR) is 131 cm³/mol. The van der Waals surface area contributed by atoms with E-state index in [1.54, 1.807) is 29.5 Å². The minimum absolute atomic E-state index is 0.0944. The van der Waals surface area contributed by atoms with Gasteiger partial charge >= 0.3 is 0 Å². The van der Waals surface area contributed by atoms with E-state index in [0.717, 1.165) is 34.1 Å². The second-order valence-corrected chi connectivity index (χ2v) is 8.38. The Morgan fingerprint density at radius 2 is 1.91 bits per heavy atom. The van der Waals surface area contributed by atoms with E-state index >= 15 is 0 Å². The molecular weight excluding hydrogens is 434 g/mol. The van der Waals surface area contributed by atoms with E-state index in [0.29, 0.717) is 31.0 Å². The lowest BCUT2D eigenvalue weighted by Gasteiger charge is -2.22. The third-order valence-electron chi connectivity index (χ3n) is 5.66. The molecular formula is C25H23N5O2S. The predicted octanol–water partition coefficient (Wildman–Crippen LogP) is 4.97. The minimum atomic E-state index is -0.0944. The second-order valence-electron chi connectivity index (χ2n) is 7.67. The Kier molecular flexibility index (Phi) is 5.75. The number of hydrogen-bond donors (Lipinski definition) is 0. The molecule has 0 bridgehead atoms. The van der Waals surface area contributed by atoms with Crippen LogP contribution in [-0.4, -0.2) is 41.1 Å². The number of thiazole rings is 1. The zero-order chi connectivity index (χ0) is 22.8. The molecule has 4 aromatic rings. The molecule has 0 atom stereocenters. The lowest BCUT2D eigenvalue weighted by molar-refractivity contribution is 0.0994. The molecule has 1 aliphatic heterocycles. The molecule has 1 amide bonds. The van der Waals surface area contributed by atoms with Crippen molar-refractivity contribution >= 4 is 34.6 Å². The molecule has 0 saturated heterocycles. The Hall–Kier alpha value is -3.78. The van der Waals surface area contributed by atoms with Crippen LogP contribution in [-0.2, 0) is 6.42 Å². The number of fused-ring (bicyclic) bond motifs is 2. The van der Waals surface area contributed by atoms with Crippen LogP contribution in [0.2, 0.25) is 0 Å². The van der Waals surface area contributed by atoms with Gasteiger partial charge in [-0.25, -0.2) is 15.0 Å². The third kappa shape index (κ3) is 4.05. The molecule has 4 heterocycles. The normalized spacial score (nSPS) is 12.8. The van der Waals surface area contributed by atoms with Crippen LogP contribution in [0.3, 0.4) is 0 Å². The molecule has 1 aliphatic rings. The van der Waals surface area contributed by atoms with E-state index < -0.39 is 0 Å². The van der Waals surface area contributed by atoms with Crippen molar-refractivity contribution in [3.05, 3.63) is 76.9 Å². The average molecular weight is 458 g/mol. The number of aromatic nitrogens is 3. The SMILES string of the molecule is CCN1c2ncc(CCOc3ccc(-c4cscn4)cc3)cc2C(=O)N(C)c2cccnc21. The highest BCUT2D eigenvalue weighted by Crippen LogP contribution is 2.37. The van der Waals surface area contributed by atoms with Gasteiger partial charge in [0.25, 0.3) is 5.91 Å². The first kappa shape index (κ1) is 21.1. The summed E-state index contributed by atoms with van der Waals surface area (Å²) < 4.78 is 5.93. The zero-order valence-corrected chi connectivity index (χ0v) is 19.2. The smallest absolute Gasteiger partial charge is 0.261 e. The number of anilines is 3. The molecule has 0 unspecified atom stereocenters.